The van der Waals surface area contributed by atoms with Gasteiger partial charge in [0.2, 0.25) is 5.24 Å². The highest BCUT2D eigenvalue weighted by molar-refractivity contribution is 7.98. The summed E-state index contributed by atoms with van der Waals surface area (Å²) < 4.78 is 5.38. The van der Waals surface area contributed by atoms with Gasteiger partial charge in [-0.3, -0.25) is 9.59 Å². The second-order valence-corrected chi connectivity index (χ2v) is 5.29. The zero-order valence-corrected chi connectivity index (χ0v) is 12.8. The molecule has 0 unspecified atom stereocenters. The predicted octanol–water partition coefficient (Wildman–Crippen LogP) is 3.89. The molecule has 0 aliphatic heterocycles. The maximum Gasteiger partial charge on any atom is 0.326 e. The number of para-hydroxylation sites is 1. The molecule has 0 amide bonds. The van der Waals surface area contributed by atoms with E-state index in [-0.39, 0.29) is 0 Å². The molecule has 19 heavy (non-hydrogen) atoms. The van der Waals surface area contributed by atoms with E-state index in [1.54, 1.807) is 26.0 Å². The molecule has 3 nitrogen and oxygen atoms in total. The Morgan fingerprint density at radius 3 is 2.32 bits per heavy atom. The minimum absolute atomic E-state index is 0.325. The van der Waals surface area contributed by atoms with E-state index in [0.717, 1.165) is 4.90 Å². The van der Waals surface area contributed by atoms with Crippen LogP contribution in [0.15, 0.2) is 29.2 Å². The Morgan fingerprint density at radius 1 is 1.26 bits per heavy atom. The number of hydrogen-bond acceptors (Lipinski definition) is 4. The molecule has 0 atom stereocenters. The third-order valence-electron chi connectivity index (χ3n) is 3.25. The number of halogens is 1. The summed E-state index contributed by atoms with van der Waals surface area (Å²) in [7, 11) is 0. The standard InChI is InChI=1S/C14H17ClO3S/c1-4-14(5-2,12(15)16)13(17)18-10-8-6-7-9-11(10)19-3/h6-9H,4-5H2,1-3H3. The molecule has 0 heterocycles. The molecule has 1 aromatic carbocycles. The summed E-state index contributed by atoms with van der Waals surface area (Å²) in [6, 6.07) is 7.21. The highest BCUT2D eigenvalue weighted by Crippen LogP contribution is 2.34. The van der Waals surface area contributed by atoms with Crippen LogP contribution in [-0.4, -0.2) is 17.5 Å². The fourth-order valence-corrected chi connectivity index (χ4v) is 2.67. The molecule has 0 saturated heterocycles. The Kier molecular flexibility index (Phi) is 5.88. The van der Waals surface area contributed by atoms with E-state index in [1.165, 1.54) is 11.8 Å². The van der Waals surface area contributed by atoms with Crippen LogP contribution >= 0.6 is 23.4 Å². The second kappa shape index (κ2) is 6.96. The summed E-state index contributed by atoms with van der Waals surface area (Å²) in [5, 5.41) is -0.663. The lowest BCUT2D eigenvalue weighted by Crippen LogP contribution is -2.39. The minimum atomic E-state index is -1.26. The van der Waals surface area contributed by atoms with E-state index in [4.69, 9.17) is 16.3 Å². The van der Waals surface area contributed by atoms with Crippen molar-refractivity contribution in [2.45, 2.75) is 31.6 Å². The summed E-state index contributed by atoms with van der Waals surface area (Å²) in [6.07, 6.45) is 2.55. The molecule has 0 fully saturated rings. The molecule has 0 saturated carbocycles. The minimum Gasteiger partial charge on any atom is -0.425 e. The Labute approximate surface area is 122 Å². The smallest absolute Gasteiger partial charge is 0.326 e. The summed E-state index contributed by atoms with van der Waals surface area (Å²) >= 11 is 7.07. The van der Waals surface area contributed by atoms with Crippen molar-refractivity contribution in [1.82, 2.24) is 0 Å². The van der Waals surface area contributed by atoms with Crippen LogP contribution in [0.1, 0.15) is 26.7 Å². The molecule has 0 radical (unpaired) electrons. The van der Waals surface area contributed by atoms with Gasteiger partial charge in [-0.2, -0.15) is 0 Å². The summed E-state index contributed by atoms with van der Waals surface area (Å²) in [5.41, 5.74) is -1.26. The van der Waals surface area contributed by atoms with E-state index >= 15 is 0 Å². The van der Waals surface area contributed by atoms with E-state index < -0.39 is 16.6 Å². The van der Waals surface area contributed by atoms with Gasteiger partial charge in [0.05, 0.1) is 0 Å². The number of carbonyl (C=O) groups excluding carboxylic acids is 2. The van der Waals surface area contributed by atoms with Gasteiger partial charge in [-0.25, -0.2) is 0 Å². The van der Waals surface area contributed by atoms with Gasteiger partial charge in [0.15, 0.2) is 0 Å². The van der Waals surface area contributed by atoms with E-state index in [1.807, 2.05) is 18.4 Å². The third-order valence-corrected chi connectivity index (χ3v) is 4.38. The average molecular weight is 301 g/mol. The number of ether oxygens (including phenoxy) is 1. The molecule has 0 N–H and O–H groups in total. The molecule has 1 aromatic rings. The first-order valence-corrected chi connectivity index (χ1v) is 7.67. The number of benzene rings is 1. The van der Waals surface area contributed by atoms with Crippen molar-refractivity contribution in [3.05, 3.63) is 24.3 Å². The van der Waals surface area contributed by atoms with E-state index in [9.17, 15) is 9.59 Å². The summed E-state index contributed by atoms with van der Waals surface area (Å²) in [5.74, 6) is -0.122. The largest absolute Gasteiger partial charge is 0.425 e. The molecule has 1 rings (SSSR count). The van der Waals surface area contributed by atoms with Crippen LogP contribution in [0, 0.1) is 5.41 Å². The van der Waals surface area contributed by atoms with Crippen molar-refractivity contribution < 1.29 is 14.3 Å². The zero-order valence-electron chi connectivity index (χ0n) is 11.2. The van der Waals surface area contributed by atoms with Gasteiger partial charge in [0.25, 0.3) is 0 Å². The van der Waals surface area contributed by atoms with Crippen LogP contribution in [0.3, 0.4) is 0 Å². The van der Waals surface area contributed by atoms with Gasteiger partial charge in [-0.15, -0.1) is 11.8 Å². The van der Waals surface area contributed by atoms with Gasteiger partial charge < -0.3 is 4.74 Å². The van der Waals surface area contributed by atoms with Crippen molar-refractivity contribution in [2.75, 3.05) is 6.26 Å². The second-order valence-electron chi connectivity index (χ2n) is 4.10. The van der Waals surface area contributed by atoms with E-state index in [0.29, 0.717) is 18.6 Å². The normalized spacial score (nSPS) is 11.2. The highest BCUT2D eigenvalue weighted by atomic mass is 35.5. The maximum absolute atomic E-state index is 12.3. The number of hydrogen-bond donors (Lipinski definition) is 0. The first kappa shape index (κ1) is 16.1. The fraction of sp³-hybridized carbons (Fsp3) is 0.429. The van der Waals surface area contributed by atoms with Crippen molar-refractivity contribution >= 4 is 34.6 Å². The lowest BCUT2D eigenvalue weighted by molar-refractivity contribution is -0.150. The van der Waals surface area contributed by atoms with Crippen LogP contribution < -0.4 is 4.74 Å². The third kappa shape index (κ3) is 3.31. The Bertz CT molecular complexity index is 470. The lowest BCUT2D eigenvalue weighted by Gasteiger charge is -2.24. The lowest BCUT2D eigenvalue weighted by atomic mass is 9.84. The van der Waals surface area contributed by atoms with Crippen LogP contribution in [0.5, 0.6) is 5.75 Å². The molecule has 0 aliphatic carbocycles. The van der Waals surface area contributed by atoms with Crippen molar-refractivity contribution in [3.63, 3.8) is 0 Å². The quantitative estimate of drug-likeness (QED) is 0.263. The Balaban J connectivity index is 3.04. The van der Waals surface area contributed by atoms with Crippen LogP contribution in [-0.2, 0) is 9.59 Å². The number of rotatable bonds is 6. The Hall–Kier alpha value is -1.00. The molecule has 0 spiro atoms. The predicted molar refractivity (Wildman–Crippen MR) is 77.7 cm³/mol. The first-order chi connectivity index (χ1) is 9.01. The SMILES string of the molecule is CCC(CC)(C(=O)Cl)C(=O)Oc1ccccc1SC. The summed E-state index contributed by atoms with van der Waals surface area (Å²) in [4.78, 5) is 24.7. The number of esters is 1. The first-order valence-electron chi connectivity index (χ1n) is 6.07. The molecular formula is C14H17ClO3S. The van der Waals surface area contributed by atoms with E-state index in [2.05, 4.69) is 0 Å². The van der Waals surface area contributed by atoms with Crippen molar-refractivity contribution in [3.8, 4) is 5.75 Å². The van der Waals surface area contributed by atoms with Crippen LogP contribution in [0.25, 0.3) is 0 Å². The van der Waals surface area contributed by atoms with Gasteiger partial charge in [0, 0.05) is 4.90 Å². The topological polar surface area (TPSA) is 43.4 Å². The monoisotopic (exact) mass is 300 g/mol. The molecule has 0 aromatic heterocycles. The average Bonchev–Trinajstić information content (AvgIpc) is 2.41. The molecule has 5 heteroatoms. The van der Waals surface area contributed by atoms with Gasteiger partial charge in [-0.1, -0.05) is 26.0 Å². The summed E-state index contributed by atoms with van der Waals surface area (Å²) in [6.45, 7) is 3.51. The molecule has 0 bridgehead atoms. The van der Waals surface area contributed by atoms with Crippen molar-refractivity contribution in [1.29, 1.82) is 0 Å². The van der Waals surface area contributed by atoms with Gasteiger partial charge in [0.1, 0.15) is 11.2 Å². The zero-order chi connectivity index (χ0) is 14.5. The van der Waals surface area contributed by atoms with Gasteiger partial charge >= 0.3 is 5.97 Å². The molecular weight excluding hydrogens is 284 g/mol. The maximum atomic E-state index is 12.3. The fourth-order valence-electron chi connectivity index (χ4n) is 1.80. The molecule has 0 aliphatic rings. The van der Waals surface area contributed by atoms with Crippen LogP contribution in [0.4, 0.5) is 0 Å². The van der Waals surface area contributed by atoms with Crippen LogP contribution in [0.2, 0.25) is 0 Å². The highest BCUT2D eigenvalue weighted by Gasteiger charge is 2.43. The van der Waals surface area contributed by atoms with Gasteiger partial charge in [-0.05, 0) is 42.8 Å². The number of thioether (sulfide) groups is 1. The number of carbonyl (C=O) groups is 2. The Morgan fingerprint density at radius 2 is 1.84 bits per heavy atom. The van der Waals surface area contributed by atoms with Crippen molar-refractivity contribution in [2.24, 2.45) is 5.41 Å². The molecule has 104 valence electrons.